The van der Waals surface area contributed by atoms with Gasteiger partial charge in [-0.2, -0.15) is 0 Å². The minimum Gasteiger partial charge on any atom is -0.508 e. The first-order valence-corrected chi connectivity index (χ1v) is 8.18. The average molecular weight is 342 g/mol. The van der Waals surface area contributed by atoms with Crippen LogP contribution >= 0.6 is 0 Å². The van der Waals surface area contributed by atoms with E-state index in [9.17, 15) is 9.90 Å². The Morgan fingerprint density at radius 3 is 2.24 bits per heavy atom. The van der Waals surface area contributed by atoms with Gasteiger partial charge in [0.05, 0.1) is 19.8 Å². The molecule has 2 aromatic rings. The molecule has 132 valence electrons. The summed E-state index contributed by atoms with van der Waals surface area (Å²) in [5, 5.41) is 9.39. The summed E-state index contributed by atoms with van der Waals surface area (Å²) in [4.78, 5) is 16.9. The molecule has 0 radical (unpaired) electrons. The highest BCUT2D eigenvalue weighted by Gasteiger charge is 2.25. The van der Waals surface area contributed by atoms with Crippen LogP contribution in [-0.2, 0) is 0 Å². The van der Waals surface area contributed by atoms with Crippen LogP contribution in [-0.4, -0.2) is 56.3 Å². The third-order valence-corrected chi connectivity index (χ3v) is 4.42. The molecule has 6 nitrogen and oxygen atoms in total. The monoisotopic (exact) mass is 342 g/mol. The number of rotatable bonds is 4. The molecule has 0 bridgehead atoms. The van der Waals surface area contributed by atoms with Crippen LogP contribution in [0.4, 0.5) is 5.69 Å². The lowest BCUT2D eigenvalue weighted by atomic mass is 10.1. The molecule has 1 aliphatic heterocycles. The number of piperazine rings is 1. The minimum absolute atomic E-state index is 0.0545. The molecule has 1 aliphatic rings. The molecule has 25 heavy (non-hydrogen) atoms. The second kappa shape index (κ2) is 7.34. The lowest BCUT2D eigenvalue weighted by molar-refractivity contribution is 0.0742. The third-order valence-electron chi connectivity index (χ3n) is 4.42. The lowest BCUT2D eigenvalue weighted by Gasteiger charge is -2.36. The van der Waals surface area contributed by atoms with E-state index in [-0.39, 0.29) is 11.7 Å². The van der Waals surface area contributed by atoms with Gasteiger partial charge in [0.2, 0.25) is 0 Å². The van der Waals surface area contributed by atoms with Crippen molar-refractivity contribution in [3.8, 4) is 17.2 Å². The van der Waals surface area contributed by atoms with E-state index in [0.29, 0.717) is 30.2 Å². The van der Waals surface area contributed by atoms with Crippen LogP contribution in [0.2, 0.25) is 0 Å². The van der Waals surface area contributed by atoms with Gasteiger partial charge in [0.25, 0.3) is 5.91 Å². The maximum Gasteiger partial charge on any atom is 0.257 e. The predicted octanol–water partition coefficient (Wildman–Crippen LogP) is 2.37. The third kappa shape index (κ3) is 3.47. The van der Waals surface area contributed by atoms with Gasteiger partial charge in [-0.1, -0.05) is 6.07 Å². The molecule has 0 aromatic heterocycles. The zero-order valence-corrected chi connectivity index (χ0v) is 14.4. The fourth-order valence-corrected chi connectivity index (χ4v) is 3.06. The first kappa shape index (κ1) is 17.0. The van der Waals surface area contributed by atoms with E-state index in [2.05, 4.69) is 4.90 Å². The maximum atomic E-state index is 12.9. The molecule has 2 aromatic carbocycles. The summed E-state index contributed by atoms with van der Waals surface area (Å²) in [5.74, 6) is 1.22. The number of amides is 1. The van der Waals surface area contributed by atoms with E-state index in [4.69, 9.17) is 9.47 Å². The van der Waals surface area contributed by atoms with Crippen molar-refractivity contribution in [2.45, 2.75) is 0 Å². The predicted molar refractivity (Wildman–Crippen MR) is 95.8 cm³/mol. The number of carbonyl (C=O) groups is 1. The molecule has 0 atom stereocenters. The average Bonchev–Trinajstić information content (AvgIpc) is 2.67. The lowest BCUT2D eigenvalue weighted by Crippen LogP contribution is -2.48. The van der Waals surface area contributed by atoms with Gasteiger partial charge in [-0.15, -0.1) is 0 Å². The quantitative estimate of drug-likeness (QED) is 0.924. The van der Waals surface area contributed by atoms with Gasteiger partial charge in [-0.3, -0.25) is 4.79 Å². The Balaban J connectivity index is 1.71. The summed E-state index contributed by atoms with van der Waals surface area (Å²) in [6.07, 6.45) is 0. The Labute approximate surface area is 147 Å². The SMILES string of the molecule is COc1cccc(C(=O)N2CCN(c3ccc(O)cc3)CC2)c1OC. The van der Waals surface area contributed by atoms with Crippen LogP contribution in [0.3, 0.4) is 0 Å². The first-order valence-electron chi connectivity index (χ1n) is 8.18. The van der Waals surface area contributed by atoms with Crippen molar-refractivity contribution in [3.05, 3.63) is 48.0 Å². The molecule has 0 spiro atoms. The van der Waals surface area contributed by atoms with E-state index in [1.54, 1.807) is 37.4 Å². The zero-order chi connectivity index (χ0) is 17.8. The van der Waals surface area contributed by atoms with Crippen molar-refractivity contribution in [3.63, 3.8) is 0 Å². The van der Waals surface area contributed by atoms with Gasteiger partial charge in [-0.25, -0.2) is 0 Å². The highest BCUT2D eigenvalue weighted by molar-refractivity contribution is 5.98. The number of benzene rings is 2. The number of aromatic hydroxyl groups is 1. The van der Waals surface area contributed by atoms with E-state index in [1.165, 1.54) is 7.11 Å². The molecular weight excluding hydrogens is 320 g/mol. The largest absolute Gasteiger partial charge is 0.508 e. The minimum atomic E-state index is -0.0545. The molecule has 1 saturated heterocycles. The van der Waals surface area contributed by atoms with Crippen LogP contribution in [0, 0.1) is 0 Å². The molecular formula is C19H22N2O4. The second-order valence-electron chi connectivity index (χ2n) is 5.84. The number of phenols is 1. The van der Waals surface area contributed by atoms with Crippen LogP contribution in [0.5, 0.6) is 17.2 Å². The highest BCUT2D eigenvalue weighted by atomic mass is 16.5. The van der Waals surface area contributed by atoms with Crippen molar-refractivity contribution < 1.29 is 19.4 Å². The van der Waals surface area contributed by atoms with Crippen molar-refractivity contribution in [1.29, 1.82) is 0 Å². The second-order valence-corrected chi connectivity index (χ2v) is 5.84. The fraction of sp³-hybridized carbons (Fsp3) is 0.316. The van der Waals surface area contributed by atoms with Crippen molar-refractivity contribution in [2.75, 3.05) is 45.3 Å². The number of ether oxygens (including phenoxy) is 2. The first-order chi connectivity index (χ1) is 12.1. The van der Waals surface area contributed by atoms with Gasteiger partial charge in [0.1, 0.15) is 5.75 Å². The van der Waals surface area contributed by atoms with Crippen LogP contribution in [0.1, 0.15) is 10.4 Å². The summed E-state index contributed by atoms with van der Waals surface area (Å²) in [5.41, 5.74) is 1.56. The number of phenolic OH excluding ortho intramolecular Hbond substituents is 1. The van der Waals surface area contributed by atoms with E-state index >= 15 is 0 Å². The summed E-state index contributed by atoms with van der Waals surface area (Å²) in [6.45, 7) is 2.73. The van der Waals surface area contributed by atoms with Crippen LogP contribution in [0.25, 0.3) is 0 Å². The topological polar surface area (TPSA) is 62.2 Å². The molecule has 1 amide bonds. The maximum absolute atomic E-state index is 12.9. The Kier molecular flexibility index (Phi) is 4.97. The number of methoxy groups -OCH3 is 2. The van der Waals surface area contributed by atoms with Crippen LogP contribution in [0.15, 0.2) is 42.5 Å². The van der Waals surface area contributed by atoms with Gasteiger partial charge >= 0.3 is 0 Å². The summed E-state index contributed by atoms with van der Waals surface area (Å²) in [6, 6.07) is 12.5. The normalized spacial score (nSPS) is 14.3. The molecule has 0 saturated carbocycles. The van der Waals surface area contributed by atoms with Gasteiger partial charge < -0.3 is 24.4 Å². The number of anilines is 1. The summed E-state index contributed by atoms with van der Waals surface area (Å²) >= 11 is 0. The standard InChI is InChI=1S/C19H22N2O4/c1-24-17-5-3-4-16(18(17)25-2)19(23)21-12-10-20(11-13-21)14-6-8-15(22)9-7-14/h3-9,22H,10-13H2,1-2H3. The molecule has 0 aliphatic carbocycles. The molecule has 1 N–H and O–H groups in total. The van der Waals surface area contributed by atoms with E-state index in [1.807, 2.05) is 17.0 Å². The van der Waals surface area contributed by atoms with Gasteiger partial charge in [0, 0.05) is 31.9 Å². The number of hydrogen-bond donors (Lipinski definition) is 1. The van der Waals surface area contributed by atoms with Crippen molar-refractivity contribution in [2.24, 2.45) is 0 Å². The van der Waals surface area contributed by atoms with Gasteiger partial charge in [0.15, 0.2) is 11.5 Å². The van der Waals surface area contributed by atoms with E-state index in [0.717, 1.165) is 18.8 Å². The molecule has 3 rings (SSSR count). The number of carbonyl (C=O) groups excluding carboxylic acids is 1. The zero-order valence-electron chi connectivity index (χ0n) is 14.4. The Bertz CT molecular complexity index is 738. The Hall–Kier alpha value is -2.89. The van der Waals surface area contributed by atoms with Crippen molar-refractivity contribution >= 4 is 11.6 Å². The van der Waals surface area contributed by atoms with Gasteiger partial charge in [-0.05, 0) is 36.4 Å². The Morgan fingerprint density at radius 2 is 1.64 bits per heavy atom. The van der Waals surface area contributed by atoms with Crippen molar-refractivity contribution in [1.82, 2.24) is 4.90 Å². The molecule has 6 heteroatoms. The summed E-state index contributed by atoms with van der Waals surface area (Å²) < 4.78 is 10.6. The fourth-order valence-electron chi connectivity index (χ4n) is 3.06. The number of para-hydroxylation sites is 1. The van der Waals surface area contributed by atoms with E-state index < -0.39 is 0 Å². The number of hydrogen-bond acceptors (Lipinski definition) is 5. The smallest absolute Gasteiger partial charge is 0.257 e. The highest BCUT2D eigenvalue weighted by Crippen LogP contribution is 2.32. The molecule has 1 heterocycles. The van der Waals surface area contributed by atoms with Crippen LogP contribution < -0.4 is 14.4 Å². The Morgan fingerprint density at radius 1 is 0.960 bits per heavy atom. The summed E-state index contributed by atoms with van der Waals surface area (Å²) in [7, 11) is 3.10. The molecule has 1 fully saturated rings. The molecule has 0 unspecified atom stereocenters. The number of nitrogens with zero attached hydrogens (tertiary/aromatic N) is 2.